The van der Waals surface area contributed by atoms with Crippen molar-refractivity contribution in [2.45, 2.75) is 32.1 Å². The summed E-state index contributed by atoms with van der Waals surface area (Å²) in [6.07, 6.45) is 2.30. The maximum absolute atomic E-state index is 12.7. The minimum Gasteiger partial charge on any atom is -0.273 e. The zero-order valence-corrected chi connectivity index (χ0v) is 14.3. The molecule has 1 aliphatic carbocycles. The van der Waals surface area contributed by atoms with E-state index in [0.717, 1.165) is 0 Å². The second-order valence-corrected chi connectivity index (χ2v) is 8.52. The van der Waals surface area contributed by atoms with Crippen molar-refractivity contribution in [3.63, 3.8) is 0 Å². The second kappa shape index (κ2) is 5.50. The fraction of sp³-hybridized carbons (Fsp3) is 0.412. The van der Waals surface area contributed by atoms with Crippen molar-refractivity contribution in [2.75, 3.05) is 0 Å². The summed E-state index contributed by atoms with van der Waals surface area (Å²) in [5, 5.41) is 8.76. The summed E-state index contributed by atoms with van der Waals surface area (Å²) in [7, 11) is -3.96. The lowest BCUT2D eigenvalue weighted by atomic mass is 9.75. The molecule has 1 N–H and O–H groups in total. The number of benzene rings is 1. The molecule has 2 atom stereocenters. The normalized spacial score (nSPS) is 23.7. The van der Waals surface area contributed by atoms with E-state index in [9.17, 15) is 13.2 Å². The fourth-order valence-corrected chi connectivity index (χ4v) is 4.06. The minimum absolute atomic E-state index is 0.0290. The van der Waals surface area contributed by atoms with Crippen LogP contribution in [0.25, 0.3) is 0 Å². The average molecular weight is 332 g/mol. The van der Waals surface area contributed by atoms with Crippen LogP contribution in [0.5, 0.6) is 0 Å². The minimum atomic E-state index is -3.96. The predicted octanol–water partition coefficient (Wildman–Crippen LogP) is 2.60. The first-order valence-electron chi connectivity index (χ1n) is 7.28. The van der Waals surface area contributed by atoms with Crippen LogP contribution in [0, 0.1) is 28.1 Å². The molecular formula is C17H20N2O3S. The number of nitrogens with zero attached hydrogens (tertiary/aromatic N) is 1. The summed E-state index contributed by atoms with van der Waals surface area (Å²) in [6.45, 7) is 9.49. The van der Waals surface area contributed by atoms with Crippen molar-refractivity contribution in [1.82, 2.24) is 4.72 Å². The molecule has 1 fully saturated rings. The maximum atomic E-state index is 12.7. The van der Waals surface area contributed by atoms with E-state index in [1.165, 1.54) is 24.3 Å². The van der Waals surface area contributed by atoms with E-state index in [1.54, 1.807) is 6.08 Å². The SMILES string of the molecule is C=C[C@@H]1C[C@@]1(C(=O)NS(=O)(=O)c1ccc(C#N)cc1)C(C)(C)C. The molecule has 122 valence electrons. The number of rotatable bonds is 4. The quantitative estimate of drug-likeness (QED) is 0.859. The highest BCUT2D eigenvalue weighted by atomic mass is 32.2. The van der Waals surface area contributed by atoms with Gasteiger partial charge in [0.2, 0.25) is 5.91 Å². The van der Waals surface area contributed by atoms with Crippen LogP contribution in [0.4, 0.5) is 0 Å². The van der Waals surface area contributed by atoms with Gasteiger partial charge in [0, 0.05) is 0 Å². The first kappa shape index (κ1) is 17.2. The molecular weight excluding hydrogens is 312 g/mol. The first-order chi connectivity index (χ1) is 10.6. The molecule has 1 aliphatic rings. The molecule has 1 aromatic rings. The summed E-state index contributed by atoms with van der Waals surface area (Å²) in [4.78, 5) is 12.6. The van der Waals surface area contributed by atoms with Gasteiger partial charge in [0.15, 0.2) is 0 Å². The Kier molecular flexibility index (Phi) is 4.12. The van der Waals surface area contributed by atoms with Crippen LogP contribution in [-0.4, -0.2) is 14.3 Å². The summed E-state index contributed by atoms with van der Waals surface area (Å²) < 4.78 is 27.0. The van der Waals surface area contributed by atoms with Crippen LogP contribution in [0.3, 0.4) is 0 Å². The maximum Gasteiger partial charge on any atom is 0.264 e. The van der Waals surface area contributed by atoms with E-state index in [1.807, 2.05) is 26.8 Å². The molecule has 0 aromatic heterocycles. The van der Waals surface area contributed by atoms with Crippen molar-refractivity contribution in [3.05, 3.63) is 42.5 Å². The molecule has 2 rings (SSSR count). The van der Waals surface area contributed by atoms with Crippen LogP contribution < -0.4 is 4.72 Å². The third kappa shape index (κ3) is 2.89. The van der Waals surface area contributed by atoms with Gasteiger partial charge < -0.3 is 0 Å². The average Bonchev–Trinajstić information content (AvgIpc) is 3.22. The molecule has 0 bridgehead atoms. The number of allylic oxidation sites excluding steroid dienone is 1. The Labute approximate surface area is 137 Å². The van der Waals surface area contributed by atoms with Crippen LogP contribution in [0.1, 0.15) is 32.8 Å². The standard InChI is InChI=1S/C17H20N2O3S/c1-5-13-10-17(13,16(2,3)4)15(20)19-23(21,22)14-8-6-12(11-18)7-9-14/h5-9,13H,1,10H2,2-4H3,(H,19,20)/t13-,17-/m1/s1. The van der Waals surface area contributed by atoms with Crippen LogP contribution in [0.2, 0.25) is 0 Å². The Balaban J connectivity index is 2.28. The van der Waals surface area contributed by atoms with Gasteiger partial charge in [0.25, 0.3) is 10.0 Å². The van der Waals surface area contributed by atoms with Crippen molar-refractivity contribution in [3.8, 4) is 6.07 Å². The Morgan fingerprint density at radius 1 is 1.39 bits per heavy atom. The highest BCUT2D eigenvalue weighted by Crippen LogP contribution is 2.63. The van der Waals surface area contributed by atoms with Crippen LogP contribution in [-0.2, 0) is 14.8 Å². The lowest BCUT2D eigenvalue weighted by Gasteiger charge is -2.30. The van der Waals surface area contributed by atoms with Gasteiger partial charge in [-0.1, -0.05) is 26.8 Å². The van der Waals surface area contributed by atoms with Crippen molar-refractivity contribution < 1.29 is 13.2 Å². The van der Waals surface area contributed by atoms with E-state index in [2.05, 4.69) is 11.3 Å². The smallest absolute Gasteiger partial charge is 0.264 e. The van der Waals surface area contributed by atoms with E-state index >= 15 is 0 Å². The number of amides is 1. The molecule has 5 nitrogen and oxygen atoms in total. The zero-order valence-electron chi connectivity index (χ0n) is 13.5. The molecule has 6 heteroatoms. The number of nitrogens with one attached hydrogen (secondary N) is 1. The molecule has 1 aromatic carbocycles. The summed E-state index contributed by atoms with van der Waals surface area (Å²) in [5.41, 5.74) is -0.778. The number of nitriles is 1. The van der Waals surface area contributed by atoms with Gasteiger partial charge >= 0.3 is 0 Å². The fourth-order valence-electron chi connectivity index (χ4n) is 3.02. The first-order valence-corrected chi connectivity index (χ1v) is 8.77. The Morgan fingerprint density at radius 2 is 1.96 bits per heavy atom. The lowest BCUT2D eigenvalue weighted by molar-refractivity contribution is -0.128. The molecule has 23 heavy (non-hydrogen) atoms. The molecule has 1 amide bonds. The Bertz CT molecular complexity index is 783. The number of sulfonamides is 1. The molecule has 0 aliphatic heterocycles. The summed E-state index contributed by atoms with van der Waals surface area (Å²) in [6, 6.07) is 7.36. The predicted molar refractivity (Wildman–Crippen MR) is 86.7 cm³/mol. The molecule has 0 spiro atoms. The van der Waals surface area contributed by atoms with Gasteiger partial charge in [0.05, 0.1) is 21.9 Å². The van der Waals surface area contributed by atoms with Crippen molar-refractivity contribution in [1.29, 1.82) is 5.26 Å². The molecule has 0 saturated heterocycles. The number of hydrogen-bond donors (Lipinski definition) is 1. The van der Waals surface area contributed by atoms with E-state index in [4.69, 9.17) is 5.26 Å². The zero-order chi connectivity index (χ0) is 17.5. The van der Waals surface area contributed by atoms with E-state index in [-0.39, 0.29) is 16.2 Å². The number of carbonyl (C=O) groups is 1. The van der Waals surface area contributed by atoms with Gasteiger partial charge in [-0.3, -0.25) is 4.79 Å². The van der Waals surface area contributed by atoms with Gasteiger partial charge in [-0.15, -0.1) is 6.58 Å². The van der Waals surface area contributed by atoms with Crippen molar-refractivity contribution in [2.24, 2.45) is 16.7 Å². The second-order valence-electron chi connectivity index (χ2n) is 6.84. The molecule has 0 unspecified atom stereocenters. The number of carbonyl (C=O) groups excluding carboxylic acids is 1. The largest absolute Gasteiger partial charge is 0.273 e. The molecule has 0 radical (unpaired) electrons. The topological polar surface area (TPSA) is 87.0 Å². The monoisotopic (exact) mass is 332 g/mol. The summed E-state index contributed by atoms with van der Waals surface area (Å²) in [5.74, 6) is -0.530. The highest BCUT2D eigenvalue weighted by Gasteiger charge is 2.65. The number of hydrogen-bond acceptors (Lipinski definition) is 4. The third-order valence-corrected chi connectivity index (χ3v) is 5.91. The van der Waals surface area contributed by atoms with Gasteiger partial charge in [-0.05, 0) is 42.0 Å². The van der Waals surface area contributed by atoms with E-state index < -0.39 is 21.3 Å². The van der Waals surface area contributed by atoms with Gasteiger partial charge in [-0.25, -0.2) is 13.1 Å². The Morgan fingerprint density at radius 3 is 2.35 bits per heavy atom. The van der Waals surface area contributed by atoms with Crippen LogP contribution in [0.15, 0.2) is 41.8 Å². The van der Waals surface area contributed by atoms with Crippen molar-refractivity contribution >= 4 is 15.9 Å². The van der Waals surface area contributed by atoms with Gasteiger partial charge in [0.1, 0.15) is 0 Å². The summed E-state index contributed by atoms with van der Waals surface area (Å²) >= 11 is 0. The molecule has 1 saturated carbocycles. The molecule has 0 heterocycles. The van der Waals surface area contributed by atoms with E-state index in [0.29, 0.717) is 12.0 Å². The lowest BCUT2D eigenvalue weighted by Crippen LogP contribution is -2.43. The Hall–Kier alpha value is -2.13. The highest BCUT2D eigenvalue weighted by molar-refractivity contribution is 7.90. The van der Waals surface area contributed by atoms with Gasteiger partial charge in [-0.2, -0.15) is 5.26 Å². The van der Waals surface area contributed by atoms with Crippen LogP contribution >= 0.6 is 0 Å². The third-order valence-electron chi connectivity index (χ3n) is 4.56.